The van der Waals surface area contributed by atoms with Crippen molar-refractivity contribution in [2.75, 3.05) is 6.26 Å². The Labute approximate surface area is 127 Å². The SMILES string of the molecule is CS(=O)(=O)C1CCCC(C(O)c2cccc(Br)c2F)C1. The summed E-state index contributed by atoms with van der Waals surface area (Å²) in [5, 5.41) is 9.95. The van der Waals surface area contributed by atoms with Crippen LogP contribution in [-0.2, 0) is 9.84 Å². The molecule has 20 heavy (non-hydrogen) atoms. The Kier molecular flexibility index (Phi) is 4.87. The van der Waals surface area contributed by atoms with Gasteiger partial charge in [-0.2, -0.15) is 0 Å². The lowest BCUT2D eigenvalue weighted by atomic mass is 9.82. The van der Waals surface area contributed by atoms with Gasteiger partial charge in [-0.3, -0.25) is 0 Å². The van der Waals surface area contributed by atoms with Crippen LogP contribution >= 0.6 is 15.9 Å². The van der Waals surface area contributed by atoms with Crippen LogP contribution in [0.2, 0.25) is 0 Å². The van der Waals surface area contributed by atoms with Gasteiger partial charge in [0.15, 0.2) is 0 Å². The lowest BCUT2D eigenvalue weighted by Gasteiger charge is -2.31. The minimum atomic E-state index is -3.11. The van der Waals surface area contributed by atoms with E-state index in [9.17, 15) is 17.9 Å². The van der Waals surface area contributed by atoms with E-state index < -0.39 is 27.0 Å². The fraction of sp³-hybridized carbons (Fsp3) is 0.571. The number of benzene rings is 1. The molecule has 3 unspecified atom stereocenters. The van der Waals surface area contributed by atoms with Crippen LogP contribution in [0.3, 0.4) is 0 Å². The van der Waals surface area contributed by atoms with E-state index in [2.05, 4.69) is 15.9 Å². The Balaban J connectivity index is 2.21. The first-order chi connectivity index (χ1) is 9.30. The Morgan fingerprint density at radius 3 is 2.75 bits per heavy atom. The van der Waals surface area contributed by atoms with Crippen LogP contribution < -0.4 is 0 Å². The zero-order valence-corrected chi connectivity index (χ0v) is 13.6. The fourth-order valence-electron chi connectivity index (χ4n) is 2.86. The van der Waals surface area contributed by atoms with Gasteiger partial charge < -0.3 is 5.11 Å². The van der Waals surface area contributed by atoms with Crippen molar-refractivity contribution in [3.05, 3.63) is 34.1 Å². The van der Waals surface area contributed by atoms with Crippen LogP contribution in [0, 0.1) is 11.7 Å². The summed E-state index contributed by atoms with van der Waals surface area (Å²) in [6.45, 7) is 0. The summed E-state index contributed by atoms with van der Waals surface area (Å²) < 4.78 is 37.6. The van der Waals surface area contributed by atoms with Gasteiger partial charge in [-0.1, -0.05) is 18.6 Å². The zero-order chi connectivity index (χ0) is 14.9. The van der Waals surface area contributed by atoms with E-state index in [1.165, 1.54) is 6.26 Å². The molecule has 3 nitrogen and oxygen atoms in total. The molecule has 2 rings (SSSR count). The fourth-order valence-corrected chi connectivity index (χ4v) is 4.43. The van der Waals surface area contributed by atoms with Crippen molar-refractivity contribution in [2.45, 2.75) is 37.0 Å². The molecule has 0 bridgehead atoms. The van der Waals surface area contributed by atoms with Crippen molar-refractivity contribution < 1.29 is 17.9 Å². The molecule has 1 fully saturated rings. The third-order valence-electron chi connectivity index (χ3n) is 4.02. The molecule has 0 spiro atoms. The molecule has 1 aliphatic carbocycles. The molecule has 112 valence electrons. The van der Waals surface area contributed by atoms with Crippen LogP contribution in [0.25, 0.3) is 0 Å². The highest BCUT2D eigenvalue weighted by molar-refractivity contribution is 9.10. The van der Waals surface area contributed by atoms with Crippen LogP contribution in [-0.4, -0.2) is 25.0 Å². The first-order valence-corrected chi connectivity index (χ1v) is 9.36. The predicted molar refractivity (Wildman–Crippen MR) is 79.6 cm³/mol. The minimum absolute atomic E-state index is 0.215. The number of halogens is 2. The van der Waals surface area contributed by atoms with Crippen molar-refractivity contribution in [1.29, 1.82) is 0 Å². The minimum Gasteiger partial charge on any atom is -0.388 e. The number of aliphatic hydroxyl groups is 1. The molecule has 0 aliphatic heterocycles. The van der Waals surface area contributed by atoms with Gasteiger partial charge in [0, 0.05) is 11.8 Å². The summed E-state index contributed by atoms with van der Waals surface area (Å²) in [6, 6.07) is 4.79. The number of hydrogen-bond donors (Lipinski definition) is 1. The molecule has 1 aromatic rings. The maximum atomic E-state index is 14.0. The van der Waals surface area contributed by atoms with Gasteiger partial charge in [0.2, 0.25) is 0 Å². The topological polar surface area (TPSA) is 54.4 Å². The van der Waals surface area contributed by atoms with Crippen LogP contribution in [0.15, 0.2) is 22.7 Å². The average Bonchev–Trinajstić information content (AvgIpc) is 2.40. The summed E-state index contributed by atoms with van der Waals surface area (Å²) in [5.74, 6) is -0.686. The van der Waals surface area contributed by atoms with Crippen LogP contribution in [0.4, 0.5) is 4.39 Å². The standard InChI is InChI=1S/C14H18BrFO3S/c1-20(18,19)10-5-2-4-9(8-10)14(17)11-6-3-7-12(15)13(11)16/h3,6-7,9-10,14,17H,2,4-5,8H2,1H3. The smallest absolute Gasteiger partial charge is 0.150 e. The molecule has 3 atom stereocenters. The highest BCUT2D eigenvalue weighted by Gasteiger charge is 2.34. The third-order valence-corrected chi connectivity index (χ3v) is 6.27. The highest BCUT2D eigenvalue weighted by Crippen LogP contribution is 2.38. The van der Waals surface area contributed by atoms with Crippen LogP contribution in [0.5, 0.6) is 0 Å². The quantitative estimate of drug-likeness (QED) is 0.895. The summed E-state index contributed by atoms with van der Waals surface area (Å²) in [7, 11) is -3.11. The predicted octanol–water partition coefficient (Wildman–Crippen LogP) is 3.23. The van der Waals surface area contributed by atoms with Gasteiger partial charge in [0.25, 0.3) is 0 Å². The maximum Gasteiger partial charge on any atom is 0.150 e. The molecular weight excluding hydrogens is 347 g/mol. The molecule has 0 radical (unpaired) electrons. The number of hydrogen-bond acceptors (Lipinski definition) is 3. The first-order valence-electron chi connectivity index (χ1n) is 6.61. The second-order valence-corrected chi connectivity index (χ2v) is 8.65. The number of rotatable bonds is 3. The first kappa shape index (κ1) is 15.9. The summed E-state index contributed by atoms with van der Waals surface area (Å²) in [4.78, 5) is 0. The van der Waals surface area contributed by atoms with Crippen LogP contribution in [0.1, 0.15) is 37.4 Å². The third kappa shape index (κ3) is 3.40. The van der Waals surface area contributed by atoms with E-state index in [0.29, 0.717) is 17.3 Å². The molecule has 0 saturated heterocycles. The van der Waals surface area contributed by atoms with Gasteiger partial charge in [0.1, 0.15) is 15.7 Å². The maximum absolute atomic E-state index is 14.0. The molecule has 1 aromatic carbocycles. The van der Waals surface area contributed by atoms with Gasteiger partial charge in [-0.25, -0.2) is 12.8 Å². The van der Waals surface area contributed by atoms with Gasteiger partial charge >= 0.3 is 0 Å². The van der Waals surface area contributed by atoms with E-state index in [-0.39, 0.29) is 11.5 Å². The van der Waals surface area contributed by atoms with Gasteiger partial charge in [-0.15, -0.1) is 0 Å². The van der Waals surface area contributed by atoms with Crippen molar-refractivity contribution in [2.24, 2.45) is 5.92 Å². The van der Waals surface area contributed by atoms with E-state index in [0.717, 1.165) is 12.8 Å². The van der Waals surface area contributed by atoms with Crippen molar-refractivity contribution in [3.8, 4) is 0 Å². The average molecular weight is 365 g/mol. The summed E-state index contributed by atoms with van der Waals surface area (Å²) in [6.07, 6.45) is 2.76. The van der Waals surface area contributed by atoms with E-state index in [4.69, 9.17) is 0 Å². The Morgan fingerprint density at radius 1 is 1.40 bits per heavy atom. The number of sulfone groups is 1. The Bertz CT molecular complexity index is 588. The second kappa shape index (κ2) is 6.12. The van der Waals surface area contributed by atoms with Gasteiger partial charge in [0.05, 0.1) is 15.8 Å². The molecule has 1 saturated carbocycles. The molecular formula is C14H18BrFO3S. The molecule has 0 amide bonds. The van der Waals surface area contributed by atoms with E-state index in [1.54, 1.807) is 18.2 Å². The normalized spacial score (nSPS) is 25.4. The molecule has 6 heteroatoms. The number of aliphatic hydroxyl groups excluding tert-OH is 1. The molecule has 0 heterocycles. The molecule has 0 aromatic heterocycles. The van der Waals surface area contributed by atoms with Crippen molar-refractivity contribution in [3.63, 3.8) is 0 Å². The Hall–Kier alpha value is -0.460. The summed E-state index contributed by atoms with van der Waals surface area (Å²) >= 11 is 3.10. The second-order valence-electron chi connectivity index (χ2n) is 5.47. The van der Waals surface area contributed by atoms with E-state index in [1.807, 2.05) is 0 Å². The largest absolute Gasteiger partial charge is 0.388 e. The van der Waals surface area contributed by atoms with Gasteiger partial charge in [-0.05, 0) is 47.2 Å². The van der Waals surface area contributed by atoms with E-state index >= 15 is 0 Å². The summed E-state index contributed by atoms with van der Waals surface area (Å²) in [5.41, 5.74) is 0.235. The lowest BCUT2D eigenvalue weighted by molar-refractivity contribution is 0.0823. The zero-order valence-electron chi connectivity index (χ0n) is 11.2. The lowest BCUT2D eigenvalue weighted by Crippen LogP contribution is -2.30. The van der Waals surface area contributed by atoms with Crippen molar-refractivity contribution >= 4 is 25.8 Å². The molecule has 1 N–H and O–H groups in total. The monoisotopic (exact) mass is 364 g/mol. The highest BCUT2D eigenvalue weighted by atomic mass is 79.9. The Morgan fingerprint density at radius 2 is 2.10 bits per heavy atom. The molecule has 1 aliphatic rings. The van der Waals surface area contributed by atoms with Crippen molar-refractivity contribution in [1.82, 2.24) is 0 Å².